The first-order valence-electron chi connectivity index (χ1n) is 24.9. The van der Waals surface area contributed by atoms with E-state index >= 15 is 0 Å². The van der Waals surface area contributed by atoms with Gasteiger partial charge in [-0.25, -0.2) is 4.79 Å². The topological polar surface area (TPSA) is 327 Å². The summed E-state index contributed by atoms with van der Waals surface area (Å²) in [5.41, 5.74) is 0. The molecule has 0 aromatic carbocycles. The summed E-state index contributed by atoms with van der Waals surface area (Å²) < 4.78 is 46.3. The van der Waals surface area contributed by atoms with Crippen molar-refractivity contribution in [1.82, 2.24) is 0 Å². The van der Waals surface area contributed by atoms with Gasteiger partial charge in [-0.1, -0.05) is 97.8 Å². The van der Waals surface area contributed by atoms with Gasteiger partial charge in [-0.2, -0.15) is 0 Å². The fraction of sp³-hybridized carbons (Fsp3) is 0.936. The molecule has 0 aliphatic carbocycles. The minimum absolute atomic E-state index is 0.0272. The molecule has 3 heterocycles. The Hall–Kier alpha value is -2.19. The Morgan fingerprint density at radius 3 is 1.74 bits per heavy atom. The molecule has 3 rings (SSSR count). The van der Waals surface area contributed by atoms with Crippen LogP contribution in [0.2, 0.25) is 0 Å². The summed E-state index contributed by atoms with van der Waals surface area (Å²) in [6.07, 6.45) is -10.2. The molecule has 0 spiro atoms. The lowest BCUT2D eigenvalue weighted by molar-refractivity contribution is -0.380. The predicted octanol–water partition coefficient (Wildman–Crippen LogP) is 1.47. The van der Waals surface area contributed by atoms with Gasteiger partial charge < -0.3 is 89.0 Å². The largest absolute Gasteiger partial charge is 0.479 e. The standard InChI is InChI=1S/C47H84O21/c1-5-18-29(19-17-22-31(50)30(49)20-15-13-11-9-7-6-8-10-12-14-16-21-32(51)44(59)60)65-46-42(37(54)33(52)24-62-46)68-47-43(39(56)35(26-63-47)64-28(4)48)67-45-41(58)40(57)38(55)34(66-45)25-61-36(53)23-27(2)3/h27,29-35,37-43,45-47,49-52,54-58H,5-26H2,1-4H3,(H,59,60)/t29?,30?,31?,32?,33-,34-,35-,37+,38-,39+,40+,41-,42-,43-,45+,46+,47+/m1/s1. The summed E-state index contributed by atoms with van der Waals surface area (Å²) in [4.78, 5) is 34.8. The number of rotatable bonds is 33. The zero-order chi connectivity index (χ0) is 50.3. The number of aliphatic hydroxyl groups is 9. The molecule has 398 valence electrons. The molecule has 3 aliphatic heterocycles. The number of esters is 2. The zero-order valence-corrected chi connectivity index (χ0v) is 40.4. The molecule has 4 unspecified atom stereocenters. The third-order valence-electron chi connectivity index (χ3n) is 12.6. The van der Waals surface area contributed by atoms with Crippen molar-refractivity contribution in [1.29, 1.82) is 0 Å². The Kier molecular flexibility index (Phi) is 28.3. The highest BCUT2D eigenvalue weighted by molar-refractivity contribution is 5.71. The summed E-state index contributed by atoms with van der Waals surface area (Å²) in [6.45, 7) is 5.41. The van der Waals surface area contributed by atoms with E-state index in [0.717, 1.165) is 71.1 Å². The van der Waals surface area contributed by atoms with Gasteiger partial charge in [0.25, 0.3) is 0 Å². The van der Waals surface area contributed by atoms with Crippen molar-refractivity contribution in [2.75, 3.05) is 19.8 Å². The summed E-state index contributed by atoms with van der Waals surface area (Å²) in [6, 6.07) is 0. The number of aliphatic carboxylic acids is 1. The van der Waals surface area contributed by atoms with Gasteiger partial charge in [0, 0.05) is 13.3 Å². The smallest absolute Gasteiger partial charge is 0.332 e. The lowest BCUT2D eigenvalue weighted by Crippen LogP contribution is -2.65. The first kappa shape index (κ1) is 60.1. The van der Waals surface area contributed by atoms with E-state index in [2.05, 4.69) is 0 Å². The normalized spacial score (nSPS) is 31.8. The van der Waals surface area contributed by atoms with Crippen LogP contribution in [-0.4, -0.2) is 193 Å². The maximum atomic E-state index is 12.2. The van der Waals surface area contributed by atoms with Crippen LogP contribution in [0.5, 0.6) is 0 Å². The molecule has 0 radical (unpaired) electrons. The van der Waals surface area contributed by atoms with E-state index in [0.29, 0.717) is 44.9 Å². The van der Waals surface area contributed by atoms with E-state index in [-0.39, 0.29) is 25.4 Å². The van der Waals surface area contributed by atoms with Crippen LogP contribution in [-0.2, 0) is 52.3 Å². The molecular formula is C47H84O21. The van der Waals surface area contributed by atoms with Crippen LogP contribution in [0.1, 0.15) is 150 Å². The number of ether oxygens (including phenoxy) is 8. The van der Waals surface area contributed by atoms with Gasteiger partial charge in [-0.15, -0.1) is 0 Å². The minimum atomic E-state index is -1.91. The van der Waals surface area contributed by atoms with Crippen LogP contribution < -0.4 is 0 Å². The number of carbonyl (C=O) groups is 3. The Balaban J connectivity index is 1.53. The monoisotopic (exact) mass is 985 g/mol. The van der Waals surface area contributed by atoms with Gasteiger partial charge in [-0.3, -0.25) is 9.59 Å². The van der Waals surface area contributed by atoms with Crippen LogP contribution in [0, 0.1) is 5.92 Å². The fourth-order valence-corrected chi connectivity index (χ4v) is 8.54. The van der Waals surface area contributed by atoms with Crippen molar-refractivity contribution >= 4 is 17.9 Å². The summed E-state index contributed by atoms with van der Waals surface area (Å²) in [5.74, 6) is -2.56. The van der Waals surface area contributed by atoms with E-state index in [9.17, 15) is 60.3 Å². The second-order valence-corrected chi connectivity index (χ2v) is 19.0. The molecule has 0 amide bonds. The molecule has 10 N–H and O–H groups in total. The molecule has 0 bridgehead atoms. The molecule has 21 nitrogen and oxygen atoms in total. The maximum Gasteiger partial charge on any atom is 0.332 e. The van der Waals surface area contributed by atoms with Crippen molar-refractivity contribution in [2.45, 2.75) is 254 Å². The van der Waals surface area contributed by atoms with Gasteiger partial charge in [0.15, 0.2) is 31.1 Å². The van der Waals surface area contributed by atoms with Crippen LogP contribution in [0.15, 0.2) is 0 Å². The number of carbonyl (C=O) groups excluding carboxylic acids is 2. The van der Waals surface area contributed by atoms with Gasteiger partial charge in [0.2, 0.25) is 0 Å². The third-order valence-corrected chi connectivity index (χ3v) is 12.6. The van der Waals surface area contributed by atoms with Crippen LogP contribution >= 0.6 is 0 Å². The van der Waals surface area contributed by atoms with Crippen molar-refractivity contribution in [3.8, 4) is 0 Å². The molecule has 17 atom stereocenters. The van der Waals surface area contributed by atoms with Crippen LogP contribution in [0.25, 0.3) is 0 Å². The molecule has 0 aromatic heterocycles. The Morgan fingerprint density at radius 2 is 1.16 bits per heavy atom. The minimum Gasteiger partial charge on any atom is -0.479 e. The average Bonchev–Trinajstić information content (AvgIpc) is 3.28. The lowest BCUT2D eigenvalue weighted by Gasteiger charge is -2.46. The summed E-state index contributed by atoms with van der Waals surface area (Å²) in [7, 11) is 0. The highest BCUT2D eigenvalue weighted by Gasteiger charge is 2.52. The van der Waals surface area contributed by atoms with E-state index < -0.39 is 135 Å². The van der Waals surface area contributed by atoms with E-state index in [4.69, 9.17) is 43.0 Å². The van der Waals surface area contributed by atoms with Gasteiger partial charge in [-0.05, 0) is 44.4 Å². The average molecular weight is 985 g/mol. The second kappa shape index (κ2) is 32.0. The van der Waals surface area contributed by atoms with Crippen molar-refractivity contribution in [2.24, 2.45) is 5.92 Å². The highest BCUT2D eigenvalue weighted by Crippen LogP contribution is 2.32. The quantitative estimate of drug-likeness (QED) is 0.0329. The zero-order valence-electron chi connectivity index (χ0n) is 40.4. The van der Waals surface area contributed by atoms with Crippen molar-refractivity contribution < 1.29 is 103 Å². The number of hydrogen-bond acceptors (Lipinski definition) is 20. The summed E-state index contributed by atoms with van der Waals surface area (Å²) >= 11 is 0. The Labute approximate surface area is 400 Å². The van der Waals surface area contributed by atoms with Crippen molar-refractivity contribution in [3.63, 3.8) is 0 Å². The molecule has 3 saturated heterocycles. The number of unbranched alkanes of at least 4 members (excludes halogenated alkanes) is 10. The van der Waals surface area contributed by atoms with Gasteiger partial charge in [0.05, 0.1) is 31.5 Å². The third kappa shape index (κ3) is 20.9. The first-order chi connectivity index (χ1) is 32.3. The predicted molar refractivity (Wildman–Crippen MR) is 239 cm³/mol. The fourth-order valence-electron chi connectivity index (χ4n) is 8.54. The molecule has 0 aromatic rings. The SMILES string of the molecule is CCCC(CCCC(O)C(O)CCCCCCCCCCCCCC(O)C(=O)O)O[C@@H]1OC[C@@H](O)[C@H](O)[C@H]1O[C@@H]1OC[C@@H](OC(C)=O)[C@H](O)[C@H]1O[C@@H]1O[C@H](COC(=O)CC(C)C)[C@@H](O)[C@H](O)[C@H]1O. The molecule has 3 fully saturated rings. The number of carboxylic acids is 1. The molecule has 68 heavy (non-hydrogen) atoms. The molecule has 3 aliphatic rings. The molecular weight excluding hydrogens is 900 g/mol. The van der Waals surface area contributed by atoms with Crippen molar-refractivity contribution in [3.05, 3.63) is 0 Å². The van der Waals surface area contributed by atoms with Gasteiger partial charge >= 0.3 is 17.9 Å². The Morgan fingerprint density at radius 1 is 0.618 bits per heavy atom. The molecule has 0 saturated carbocycles. The van der Waals surface area contributed by atoms with Crippen LogP contribution in [0.4, 0.5) is 0 Å². The second-order valence-electron chi connectivity index (χ2n) is 19.0. The lowest BCUT2D eigenvalue weighted by atomic mass is 9.98. The first-order valence-corrected chi connectivity index (χ1v) is 24.9. The Bertz CT molecular complexity index is 1410. The van der Waals surface area contributed by atoms with E-state index in [1.807, 2.05) is 6.92 Å². The van der Waals surface area contributed by atoms with Gasteiger partial charge in [0.1, 0.15) is 61.5 Å². The number of hydrogen-bond donors (Lipinski definition) is 10. The van der Waals surface area contributed by atoms with Crippen LogP contribution in [0.3, 0.4) is 0 Å². The summed E-state index contributed by atoms with van der Waals surface area (Å²) in [5, 5.41) is 105. The number of aliphatic hydroxyl groups excluding tert-OH is 9. The van der Waals surface area contributed by atoms with E-state index in [1.165, 1.54) is 0 Å². The van der Waals surface area contributed by atoms with E-state index in [1.54, 1.807) is 13.8 Å². The highest BCUT2D eigenvalue weighted by atomic mass is 16.8. The molecule has 21 heteroatoms. The maximum absolute atomic E-state index is 12.2. The number of carboxylic acid groups (broad SMARTS) is 1.